The highest BCUT2D eigenvalue weighted by Crippen LogP contribution is 2.29. The van der Waals surface area contributed by atoms with Crippen molar-refractivity contribution < 1.29 is 4.52 Å². The Labute approximate surface area is 137 Å². The predicted octanol–water partition coefficient (Wildman–Crippen LogP) is 6.27. The zero-order valence-electron chi connectivity index (χ0n) is 14.1. The first-order valence-electron chi connectivity index (χ1n) is 7.99. The zero-order valence-corrected chi connectivity index (χ0v) is 15.8. The van der Waals surface area contributed by atoms with Crippen LogP contribution in [-0.4, -0.2) is 0 Å². The molecule has 1 rings (SSSR count). The van der Waals surface area contributed by atoms with Crippen LogP contribution in [0.25, 0.3) is 0 Å². The topological polar surface area (TPSA) is 9.23 Å². The van der Waals surface area contributed by atoms with Crippen molar-refractivity contribution >= 4 is 19.4 Å². The molecule has 0 aliphatic rings. The molecule has 0 saturated carbocycles. The lowest BCUT2D eigenvalue weighted by molar-refractivity contribution is 0.138. The molecule has 0 fully saturated rings. The maximum atomic E-state index is 5.60. The van der Waals surface area contributed by atoms with E-state index in [1.807, 2.05) is 0 Å². The van der Waals surface area contributed by atoms with Crippen LogP contribution in [0, 0.1) is 11.8 Å². The van der Waals surface area contributed by atoms with Crippen molar-refractivity contribution in [3.8, 4) is 0 Å². The highest BCUT2D eigenvalue weighted by Gasteiger charge is 2.20. The fraction of sp³-hybridized carbons (Fsp3) is 0.667. The number of benzene rings is 1. The SMILES string of the molecule is CCCC(C)CC(C)Cc1ccc(C(C)(C)OP=S)cc1. The molecule has 0 aliphatic heterocycles. The molecule has 1 aromatic rings. The van der Waals surface area contributed by atoms with Crippen LogP contribution < -0.4 is 0 Å². The first-order valence-corrected chi connectivity index (χ1v) is 9.81. The molecule has 0 radical (unpaired) electrons. The van der Waals surface area contributed by atoms with Crippen molar-refractivity contribution in [2.24, 2.45) is 11.8 Å². The molecule has 0 bridgehead atoms. The molecule has 0 spiro atoms. The van der Waals surface area contributed by atoms with Crippen LogP contribution in [0.5, 0.6) is 0 Å². The van der Waals surface area contributed by atoms with Crippen LogP contribution in [0.2, 0.25) is 0 Å². The van der Waals surface area contributed by atoms with Gasteiger partial charge in [0, 0.05) is 0 Å². The molecular formula is C18H29OPS. The Morgan fingerprint density at radius 1 is 1.14 bits per heavy atom. The normalized spacial score (nSPS) is 15.1. The van der Waals surface area contributed by atoms with E-state index in [0.717, 1.165) is 18.3 Å². The molecule has 2 atom stereocenters. The molecule has 0 aromatic heterocycles. The summed E-state index contributed by atoms with van der Waals surface area (Å²) in [6.45, 7) is 11.1. The van der Waals surface area contributed by atoms with E-state index in [1.165, 1.54) is 30.4 Å². The maximum absolute atomic E-state index is 5.60. The van der Waals surface area contributed by atoms with Gasteiger partial charge in [-0.05, 0) is 61.5 Å². The average Bonchev–Trinajstić information content (AvgIpc) is 2.39. The van der Waals surface area contributed by atoms with E-state index in [1.54, 1.807) is 0 Å². The summed E-state index contributed by atoms with van der Waals surface area (Å²) in [4.78, 5) is 0. The number of hydrogen-bond acceptors (Lipinski definition) is 2. The van der Waals surface area contributed by atoms with Gasteiger partial charge in [-0.3, -0.25) is 0 Å². The first kappa shape index (κ1) is 18.7. The molecule has 3 heteroatoms. The molecular weight excluding hydrogens is 295 g/mol. The van der Waals surface area contributed by atoms with Gasteiger partial charge in [-0.1, -0.05) is 57.9 Å². The third-order valence-corrected chi connectivity index (χ3v) is 4.84. The summed E-state index contributed by atoms with van der Waals surface area (Å²) in [5.41, 5.74) is 2.31. The van der Waals surface area contributed by atoms with Crippen LogP contribution in [0.4, 0.5) is 0 Å². The zero-order chi connectivity index (χ0) is 15.9. The fourth-order valence-electron chi connectivity index (χ4n) is 2.97. The van der Waals surface area contributed by atoms with Crippen molar-refractivity contribution in [3.63, 3.8) is 0 Å². The molecule has 2 unspecified atom stereocenters. The van der Waals surface area contributed by atoms with Gasteiger partial charge >= 0.3 is 0 Å². The highest BCUT2D eigenvalue weighted by atomic mass is 32.4. The third kappa shape index (κ3) is 6.55. The molecule has 0 aliphatic carbocycles. The lowest BCUT2D eigenvalue weighted by atomic mass is 9.88. The second-order valence-corrected chi connectivity index (χ2v) is 7.59. The number of rotatable bonds is 9. The van der Waals surface area contributed by atoms with Gasteiger partial charge in [0.05, 0.1) is 5.60 Å². The van der Waals surface area contributed by atoms with Gasteiger partial charge in [-0.25, -0.2) is 0 Å². The predicted molar refractivity (Wildman–Crippen MR) is 96.4 cm³/mol. The smallest absolute Gasteiger partial charge is 0.137 e. The molecule has 1 nitrogen and oxygen atoms in total. The van der Waals surface area contributed by atoms with Crippen molar-refractivity contribution in [1.29, 1.82) is 0 Å². The molecule has 0 N–H and O–H groups in total. The van der Waals surface area contributed by atoms with Gasteiger partial charge < -0.3 is 4.52 Å². The van der Waals surface area contributed by atoms with Crippen molar-refractivity contribution in [3.05, 3.63) is 35.4 Å². The van der Waals surface area contributed by atoms with Gasteiger partial charge in [0.15, 0.2) is 0 Å². The summed E-state index contributed by atoms with van der Waals surface area (Å²) in [6.07, 6.45) is 5.11. The summed E-state index contributed by atoms with van der Waals surface area (Å²) in [6, 6.07) is 8.83. The van der Waals surface area contributed by atoms with E-state index in [2.05, 4.69) is 58.9 Å². The Hall–Kier alpha value is -0.300. The average molecular weight is 324 g/mol. The largest absolute Gasteiger partial charge is 0.306 e. The van der Waals surface area contributed by atoms with E-state index in [9.17, 15) is 0 Å². The minimum absolute atomic E-state index is 0.302. The second-order valence-electron chi connectivity index (χ2n) is 6.81. The van der Waals surface area contributed by atoms with Crippen molar-refractivity contribution in [2.45, 2.75) is 65.9 Å². The lowest BCUT2D eigenvalue weighted by Crippen LogP contribution is -2.17. The Balaban J connectivity index is 2.60. The summed E-state index contributed by atoms with van der Waals surface area (Å²) in [5.74, 6) is 1.58. The van der Waals surface area contributed by atoms with Crippen LogP contribution in [0.3, 0.4) is 0 Å². The van der Waals surface area contributed by atoms with Crippen LogP contribution in [0.1, 0.15) is 65.0 Å². The van der Waals surface area contributed by atoms with Gasteiger partial charge in [-0.15, -0.1) is 0 Å². The molecule has 118 valence electrons. The van der Waals surface area contributed by atoms with Gasteiger partial charge in [-0.2, -0.15) is 0 Å². The molecule has 0 amide bonds. The molecule has 1 aromatic carbocycles. The van der Waals surface area contributed by atoms with Crippen molar-refractivity contribution in [2.75, 3.05) is 0 Å². The van der Waals surface area contributed by atoms with E-state index in [4.69, 9.17) is 16.3 Å². The number of hydrogen-bond donors (Lipinski definition) is 0. The Kier molecular flexibility index (Phi) is 8.02. The minimum Gasteiger partial charge on any atom is -0.306 e. The van der Waals surface area contributed by atoms with Crippen LogP contribution in [0.15, 0.2) is 24.3 Å². The van der Waals surface area contributed by atoms with Gasteiger partial charge in [0.25, 0.3) is 0 Å². The lowest BCUT2D eigenvalue weighted by Gasteiger charge is -2.23. The van der Waals surface area contributed by atoms with Gasteiger partial charge in [0.2, 0.25) is 0 Å². The molecule has 0 saturated heterocycles. The monoisotopic (exact) mass is 324 g/mol. The second kappa shape index (κ2) is 8.98. The Morgan fingerprint density at radius 3 is 2.29 bits per heavy atom. The quantitative estimate of drug-likeness (QED) is 0.495. The molecule has 21 heavy (non-hydrogen) atoms. The van der Waals surface area contributed by atoms with Crippen LogP contribution in [-0.2, 0) is 28.4 Å². The Bertz CT molecular complexity index is 427. The van der Waals surface area contributed by atoms with Crippen molar-refractivity contribution in [1.82, 2.24) is 0 Å². The van der Waals surface area contributed by atoms with E-state index in [0.29, 0.717) is 7.58 Å². The highest BCUT2D eigenvalue weighted by molar-refractivity contribution is 7.94. The van der Waals surface area contributed by atoms with E-state index >= 15 is 0 Å². The molecule has 0 heterocycles. The third-order valence-electron chi connectivity index (χ3n) is 4.08. The Morgan fingerprint density at radius 2 is 1.76 bits per heavy atom. The minimum atomic E-state index is -0.302. The summed E-state index contributed by atoms with van der Waals surface area (Å²) in [7, 11) is 0.561. The van der Waals surface area contributed by atoms with Gasteiger partial charge in [0.1, 0.15) is 7.58 Å². The summed E-state index contributed by atoms with van der Waals surface area (Å²) < 4.78 is 5.60. The van der Waals surface area contributed by atoms with Crippen LogP contribution >= 0.6 is 7.58 Å². The van der Waals surface area contributed by atoms with E-state index in [-0.39, 0.29) is 5.60 Å². The standard InChI is InChI=1S/C18H29OPS/c1-6-7-14(2)12-15(3)13-16-8-10-17(11-9-16)18(4,5)19-20-21/h8-11,14-15H,6-7,12-13H2,1-5H3. The summed E-state index contributed by atoms with van der Waals surface area (Å²) >= 11 is 4.89. The summed E-state index contributed by atoms with van der Waals surface area (Å²) in [5, 5.41) is 0. The first-order chi connectivity index (χ1) is 9.89. The van der Waals surface area contributed by atoms with E-state index < -0.39 is 0 Å². The maximum Gasteiger partial charge on any atom is 0.137 e. The fourth-order valence-corrected chi connectivity index (χ4v) is 3.82.